The molecule has 0 N–H and O–H groups in total. The van der Waals surface area contributed by atoms with Crippen LogP contribution in [-0.2, 0) is 9.59 Å². The fourth-order valence-electron chi connectivity index (χ4n) is 5.62. The van der Waals surface area contributed by atoms with Crippen molar-refractivity contribution in [3.05, 3.63) is 66.2 Å². The lowest BCUT2D eigenvalue weighted by atomic mass is 9.63. The Morgan fingerprint density at radius 3 is 1.82 bits per heavy atom. The van der Waals surface area contributed by atoms with Crippen LogP contribution < -0.4 is 9.64 Å². The number of allylic oxidation sites excluding steroid dienone is 2. The molecule has 7 rings (SSSR count). The van der Waals surface area contributed by atoms with Gasteiger partial charge in [-0.15, -0.1) is 0 Å². The molecular formula is C24H21NO3. The van der Waals surface area contributed by atoms with Crippen LogP contribution in [0.3, 0.4) is 0 Å². The molecular weight excluding hydrogens is 350 g/mol. The Morgan fingerprint density at radius 1 is 0.786 bits per heavy atom. The maximum Gasteiger partial charge on any atom is 0.238 e. The molecule has 4 nitrogen and oxygen atoms in total. The molecule has 4 aliphatic carbocycles. The van der Waals surface area contributed by atoms with Crippen molar-refractivity contribution in [2.24, 2.45) is 35.5 Å². The highest BCUT2D eigenvalue weighted by molar-refractivity contribution is 6.22. The first-order valence-corrected chi connectivity index (χ1v) is 10.0. The minimum Gasteiger partial charge on any atom is -0.457 e. The Kier molecular flexibility index (Phi) is 3.20. The third-order valence-corrected chi connectivity index (χ3v) is 7.01. The second-order valence-corrected chi connectivity index (χ2v) is 8.58. The van der Waals surface area contributed by atoms with Crippen LogP contribution in [0.1, 0.15) is 12.0 Å². The number of rotatable bonds is 3. The number of carbonyl (C=O) groups is 2. The molecule has 4 heteroatoms. The summed E-state index contributed by atoms with van der Waals surface area (Å²) < 4.78 is 5.86. The number of ether oxygens (including phenoxy) is 1. The quantitative estimate of drug-likeness (QED) is 0.595. The van der Waals surface area contributed by atoms with E-state index in [0.29, 0.717) is 23.3 Å². The molecule has 2 aromatic carbocycles. The van der Waals surface area contributed by atoms with E-state index in [1.54, 1.807) is 0 Å². The van der Waals surface area contributed by atoms with E-state index in [1.165, 1.54) is 16.9 Å². The predicted molar refractivity (Wildman–Crippen MR) is 105 cm³/mol. The molecule has 28 heavy (non-hydrogen) atoms. The zero-order chi connectivity index (χ0) is 19.0. The summed E-state index contributed by atoms with van der Waals surface area (Å²) in [7, 11) is 0. The fourth-order valence-corrected chi connectivity index (χ4v) is 5.62. The number of anilines is 1. The molecule has 5 aliphatic rings. The number of nitrogens with zero attached hydrogens (tertiary/aromatic N) is 1. The first-order valence-electron chi connectivity index (χ1n) is 10.0. The first-order chi connectivity index (χ1) is 13.6. The largest absolute Gasteiger partial charge is 0.457 e. The number of amides is 2. The number of imide groups is 1. The number of hydrogen-bond acceptors (Lipinski definition) is 3. The molecule has 3 fully saturated rings. The van der Waals surface area contributed by atoms with Crippen LogP contribution in [0.15, 0.2) is 60.7 Å². The van der Waals surface area contributed by atoms with Gasteiger partial charge in [-0.2, -0.15) is 0 Å². The van der Waals surface area contributed by atoms with Gasteiger partial charge in [-0.05, 0) is 73.4 Å². The predicted octanol–water partition coefficient (Wildman–Crippen LogP) is 4.34. The van der Waals surface area contributed by atoms with Crippen molar-refractivity contribution in [2.75, 3.05) is 4.90 Å². The van der Waals surface area contributed by atoms with E-state index in [9.17, 15) is 9.59 Å². The molecule has 0 radical (unpaired) electrons. The summed E-state index contributed by atoms with van der Waals surface area (Å²) in [6.07, 6.45) is 5.58. The average molecular weight is 371 g/mol. The highest BCUT2D eigenvalue weighted by atomic mass is 16.5. The topological polar surface area (TPSA) is 46.6 Å². The number of benzene rings is 2. The van der Waals surface area contributed by atoms with Crippen LogP contribution >= 0.6 is 0 Å². The van der Waals surface area contributed by atoms with Crippen molar-refractivity contribution < 1.29 is 14.3 Å². The van der Waals surface area contributed by atoms with E-state index >= 15 is 0 Å². The second kappa shape index (κ2) is 5.57. The van der Waals surface area contributed by atoms with Crippen LogP contribution in [0.4, 0.5) is 5.69 Å². The van der Waals surface area contributed by atoms with Gasteiger partial charge in [-0.25, -0.2) is 0 Å². The number of hydrogen-bond donors (Lipinski definition) is 0. The van der Waals surface area contributed by atoms with Gasteiger partial charge >= 0.3 is 0 Å². The highest BCUT2D eigenvalue weighted by Crippen LogP contribution is 2.65. The van der Waals surface area contributed by atoms with Crippen LogP contribution in [0.2, 0.25) is 0 Å². The van der Waals surface area contributed by atoms with E-state index in [1.807, 2.05) is 55.5 Å². The average Bonchev–Trinajstić information content (AvgIpc) is 3.49. The van der Waals surface area contributed by atoms with Crippen LogP contribution in [-0.4, -0.2) is 11.8 Å². The fraction of sp³-hybridized carbons (Fsp3) is 0.333. The molecule has 1 heterocycles. The molecule has 0 aromatic heterocycles. The Hall–Kier alpha value is -2.88. The molecule has 1 aliphatic heterocycles. The monoisotopic (exact) mass is 371 g/mol. The van der Waals surface area contributed by atoms with Crippen molar-refractivity contribution in [1.29, 1.82) is 0 Å². The summed E-state index contributed by atoms with van der Waals surface area (Å²) in [5.74, 6) is 2.85. The van der Waals surface area contributed by atoms with Crippen molar-refractivity contribution >= 4 is 17.5 Å². The highest BCUT2D eigenvalue weighted by Gasteiger charge is 2.67. The summed E-state index contributed by atoms with van der Waals surface area (Å²) in [6.45, 7) is 2.03. The van der Waals surface area contributed by atoms with Gasteiger partial charge in [0.25, 0.3) is 0 Å². The molecule has 2 bridgehead atoms. The lowest BCUT2D eigenvalue weighted by Gasteiger charge is -2.37. The summed E-state index contributed by atoms with van der Waals surface area (Å²) in [6, 6.07) is 15.1. The van der Waals surface area contributed by atoms with Crippen molar-refractivity contribution in [3.63, 3.8) is 0 Å². The summed E-state index contributed by atoms with van der Waals surface area (Å²) in [5, 5.41) is 0. The van der Waals surface area contributed by atoms with Crippen molar-refractivity contribution in [2.45, 2.75) is 13.3 Å². The molecule has 140 valence electrons. The van der Waals surface area contributed by atoms with Gasteiger partial charge < -0.3 is 4.74 Å². The minimum atomic E-state index is -0.158. The van der Waals surface area contributed by atoms with E-state index in [0.717, 1.165) is 5.75 Å². The second-order valence-electron chi connectivity index (χ2n) is 8.58. The molecule has 0 unspecified atom stereocenters. The Morgan fingerprint density at radius 2 is 1.29 bits per heavy atom. The third kappa shape index (κ3) is 2.17. The smallest absolute Gasteiger partial charge is 0.238 e. The minimum absolute atomic E-state index is 0.0214. The first kappa shape index (κ1) is 16.1. The maximum absolute atomic E-state index is 13.2. The Labute approximate surface area is 163 Å². The Balaban J connectivity index is 1.26. The van der Waals surface area contributed by atoms with Gasteiger partial charge in [0.2, 0.25) is 11.8 Å². The van der Waals surface area contributed by atoms with E-state index in [-0.39, 0.29) is 35.5 Å². The van der Waals surface area contributed by atoms with E-state index in [4.69, 9.17) is 4.74 Å². The molecule has 6 atom stereocenters. The van der Waals surface area contributed by atoms with Crippen LogP contribution in [0.5, 0.6) is 11.5 Å². The third-order valence-electron chi connectivity index (χ3n) is 7.01. The van der Waals surface area contributed by atoms with Crippen molar-refractivity contribution in [3.8, 4) is 11.5 Å². The zero-order valence-electron chi connectivity index (χ0n) is 15.6. The Bertz CT molecular complexity index is 971. The molecule has 2 amide bonds. The van der Waals surface area contributed by atoms with Crippen molar-refractivity contribution in [1.82, 2.24) is 0 Å². The van der Waals surface area contributed by atoms with E-state index in [2.05, 4.69) is 12.2 Å². The van der Waals surface area contributed by atoms with Gasteiger partial charge in [0.15, 0.2) is 0 Å². The van der Waals surface area contributed by atoms with Gasteiger partial charge in [0.05, 0.1) is 17.5 Å². The number of carbonyl (C=O) groups excluding carboxylic acids is 2. The SMILES string of the molecule is Cc1ccc(Oc2ccc(N3C(=O)[C@@H]4[C@H]5C=C[C@@H]([C@@H]6C[C@H]56)[C@@H]4C3=O)cc2)cc1. The van der Waals surface area contributed by atoms with E-state index < -0.39 is 0 Å². The zero-order valence-corrected chi connectivity index (χ0v) is 15.6. The maximum atomic E-state index is 13.2. The summed E-state index contributed by atoms with van der Waals surface area (Å²) >= 11 is 0. The molecule has 2 saturated carbocycles. The van der Waals surface area contributed by atoms with Crippen LogP contribution in [0, 0.1) is 42.4 Å². The van der Waals surface area contributed by atoms with Gasteiger partial charge in [0, 0.05) is 0 Å². The summed E-state index contributed by atoms with van der Waals surface area (Å²) in [4.78, 5) is 27.7. The molecule has 1 saturated heterocycles. The normalized spacial score (nSPS) is 34.4. The van der Waals surface area contributed by atoms with Crippen LogP contribution in [0.25, 0.3) is 0 Å². The molecule has 0 spiro atoms. The molecule has 2 aromatic rings. The van der Waals surface area contributed by atoms with Gasteiger partial charge in [-0.3, -0.25) is 14.5 Å². The van der Waals surface area contributed by atoms with Gasteiger partial charge in [-0.1, -0.05) is 29.8 Å². The number of aryl methyl sites for hydroxylation is 1. The lowest BCUT2D eigenvalue weighted by Crippen LogP contribution is -2.40. The standard InChI is InChI=1S/C24H21NO3/c1-13-2-6-15(7-3-13)28-16-8-4-14(5-9-16)25-23(26)21-17-10-11-18(20-12-19(17)20)22(21)24(25)27/h2-11,17-22H,12H2,1H3/t17-,18-,19-,20+,21-,22+/m0/s1. The summed E-state index contributed by atoms with van der Waals surface area (Å²) in [5.41, 5.74) is 1.82. The van der Waals surface area contributed by atoms with Gasteiger partial charge in [0.1, 0.15) is 11.5 Å². The lowest BCUT2D eigenvalue weighted by molar-refractivity contribution is -0.124.